The first kappa shape index (κ1) is 21.6. The second kappa shape index (κ2) is 10.1. The molecule has 3 rings (SSSR count). The van der Waals surface area contributed by atoms with Gasteiger partial charge in [-0.05, 0) is 73.5 Å². The maximum Gasteiger partial charge on any atom is 0.276 e. The fourth-order valence-corrected chi connectivity index (χ4v) is 2.69. The van der Waals surface area contributed by atoms with Crippen LogP contribution in [0.3, 0.4) is 0 Å². The summed E-state index contributed by atoms with van der Waals surface area (Å²) in [5.41, 5.74) is 8.26. The van der Waals surface area contributed by atoms with Gasteiger partial charge in [0, 0.05) is 16.8 Å². The van der Waals surface area contributed by atoms with Gasteiger partial charge in [-0.15, -0.1) is 0 Å². The van der Waals surface area contributed by atoms with Crippen LogP contribution >= 0.6 is 0 Å². The third-order valence-corrected chi connectivity index (χ3v) is 4.60. The summed E-state index contributed by atoms with van der Waals surface area (Å²) in [7, 11) is 0. The smallest absolute Gasteiger partial charge is 0.276 e. The first-order valence-corrected chi connectivity index (χ1v) is 9.68. The third kappa shape index (κ3) is 6.17. The molecule has 0 aliphatic carbocycles. The summed E-state index contributed by atoms with van der Waals surface area (Å²) < 4.78 is 5.43. The minimum Gasteiger partial charge on any atom is -0.484 e. The number of ether oxygens (including phenoxy) is 1. The van der Waals surface area contributed by atoms with Crippen molar-refractivity contribution in [3.8, 4) is 5.75 Å². The molecule has 0 bridgehead atoms. The summed E-state index contributed by atoms with van der Waals surface area (Å²) in [6.45, 7) is 3.72. The quantitative estimate of drug-likeness (QED) is 0.536. The SMILES string of the molecule is Cc1ccc(OCC(=O)NNC(=O)c2ccc(NC(=O)c3ccccc3)cc2)cc1C. The van der Waals surface area contributed by atoms with E-state index in [1.807, 2.05) is 32.0 Å². The van der Waals surface area contributed by atoms with Crippen molar-refractivity contribution in [2.24, 2.45) is 0 Å². The molecule has 3 amide bonds. The Labute approximate surface area is 180 Å². The number of nitrogens with one attached hydrogen (secondary N) is 3. The first-order chi connectivity index (χ1) is 14.9. The summed E-state index contributed by atoms with van der Waals surface area (Å²) in [5.74, 6) is -0.634. The number of hydrazine groups is 1. The second-order valence-corrected chi connectivity index (χ2v) is 6.93. The Balaban J connectivity index is 1.46. The highest BCUT2D eigenvalue weighted by Crippen LogP contribution is 2.16. The van der Waals surface area contributed by atoms with Gasteiger partial charge in [0.25, 0.3) is 17.7 Å². The van der Waals surface area contributed by atoms with Gasteiger partial charge < -0.3 is 10.1 Å². The van der Waals surface area contributed by atoms with Crippen LogP contribution in [0.5, 0.6) is 5.75 Å². The largest absolute Gasteiger partial charge is 0.484 e. The maximum absolute atomic E-state index is 12.2. The van der Waals surface area contributed by atoms with Gasteiger partial charge in [-0.3, -0.25) is 25.2 Å². The van der Waals surface area contributed by atoms with Crippen molar-refractivity contribution in [2.75, 3.05) is 11.9 Å². The van der Waals surface area contributed by atoms with Crippen molar-refractivity contribution in [1.29, 1.82) is 0 Å². The Morgan fingerprint density at radius 1 is 0.742 bits per heavy atom. The molecule has 0 atom stereocenters. The molecule has 0 saturated heterocycles. The summed E-state index contributed by atoms with van der Waals surface area (Å²) >= 11 is 0. The van der Waals surface area contributed by atoms with Gasteiger partial charge in [0.15, 0.2) is 6.61 Å². The van der Waals surface area contributed by atoms with Crippen molar-refractivity contribution in [2.45, 2.75) is 13.8 Å². The average Bonchev–Trinajstić information content (AvgIpc) is 2.79. The summed E-state index contributed by atoms with van der Waals surface area (Å²) in [4.78, 5) is 36.3. The van der Waals surface area contributed by atoms with Gasteiger partial charge in [-0.25, -0.2) is 0 Å². The highest BCUT2D eigenvalue weighted by Gasteiger charge is 2.10. The van der Waals surface area contributed by atoms with Crippen molar-refractivity contribution >= 4 is 23.4 Å². The van der Waals surface area contributed by atoms with Gasteiger partial charge in [0.05, 0.1) is 0 Å². The number of carbonyl (C=O) groups is 3. The number of anilines is 1. The van der Waals surface area contributed by atoms with Crippen LogP contribution in [0.15, 0.2) is 72.8 Å². The van der Waals surface area contributed by atoms with Crippen LogP contribution in [0.1, 0.15) is 31.8 Å². The minimum absolute atomic E-state index is 0.229. The lowest BCUT2D eigenvalue weighted by Crippen LogP contribution is -2.43. The number of amides is 3. The Bertz CT molecular complexity index is 1080. The first-order valence-electron chi connectivity index (χ1n) is 9.68. The van der Waals surface area contributed by atoms with E-state index in [0.717, 1.165) is 11.1 Å². The van der Waals surface area contributed by atoms with E-state index in [4.69, 9.17) is 4.74 Å². The minimum atomic E-state index is -0.488. The molecule has 0 fully saturated rings. The van der Waals surface area contributed by atoms with Gasteiger partial charge in [0.2, 0.25) is 0 Å². The number of aryl methyl sites for hydroxylation is 2. The van der Waals surface area contributed by atoms with E-state index in [9.17, 15) is 14.4 Å². The molecule has 0 heterocycles. The topological polar surface area (TPSA) is 96.5 Å². The molecule has 0 aromatic heterocycles. The fourth-order valence-electron chi connectivity index (χ4n) is 2.69. The molecule has 158 valence electrons. The highest BCUT2D eigenvalue weighted by atomic mass is 16.5. The fraction of sp³-hybridized carbons (Fsp3) is 0.125. The molecule has 0 aliphatic rings. The van der Waals surface area contributed by atoms with E-state index >= 15 is 0 Å². The second-order valence-electron chi connectivity index (χ2n) is 6.93. The van der Waals surface area contributed by atoms with Gasteiger partial charge >= 0.3 is 0 Å². The predicted octanol–water partition coefficient (Wildman–Crippen LogP) is 3.40. The van der Waals surface area contributed by atoms with Crippen molar-refractivity contribution in [1.82, 2.24) is 10.9 Å². The van der Waals surface area contributed by atoms with Crippen molar-refractivity contribution in [3.63, 3.8) is 0 Å². The van der Waals surface area contributed by atoms with Gasteiger partial charge in [-0.1, -0.05) is 24.3 Å². The number of benzene rings is 3. The van der Waals surface area contributed by atoms with E-state index in [2.05, 4.69) is 16.2 Å². The lowest BCUT2D eigenvalue weighted by molar-refractivity contribution is -0.123. The molecule has 3 aromatic carbocycles. The molecule has 7 heteroatoms. The van der Waals surface area contributed by atoms with Crippen LogP contribution in [0.4, 0.5) is 5.69 Å². The zero-order valence-electron chi connectivity index (χ0n) is 17.3. The van der Waals surface area contributed by atoms with Crippen LogP contribution in [0.25, 0.3) is 0 Å². The zero-order valence-corrected chi connectivity index (χ0v) is 17.3. The number of hydrogen-bond donors (Lipinski definition) is 3. The monoisotopic (exact) mass is 417 g/mol. The molecule has 7 nitrogen and oxygen atoms in total. The summed E-state index contributed by atoms with van der Waals surface area (Å²) in [5, 5.41) is 2.76. The zero-order chi connectivity index (χ0) is 22.2. The standard InChI is InChI=1S/C24H23N3O4/c1-16-8-13-21(14-17(16)2)31-15-22(28)26-27-24(30)19-9-11-20(12-10-19)25-23(29)18-6-4-3-5-7-18/h3-14H,15H2,1-2H3,(H,25,29)(H,26,28)(H,27,30). The Morgan fingerprint density at radius 3 is 2.10 bits per heavy atom. The molecule has 0 spiro atoms. The molecular weight excluding hydrogens is 394 g/mol. The molecule has 0 aliphatic heterocycles. The Kier molecular flexibility index (Phi) is 7.01. The van der Waals surface area contributed by atoms with Crippen molar-refractivity contribution < 1.29 is 19.1 Å². The molecular formula is C24H23N3O4. The van der Waals surface area contributed by atoms with E-state index in [1.54, 1.807) is 54.6 Å². The Morgan fingerprint density at radius 2 is 1.42 bits per heavy atom. The molecule has 0 unspecified atom stereocenters. The lowest BCUT2D eigenvalue weighted by atomic mass is 10.1. The van der Waals surface area contributed by atoms with Crippen LogP contribution in [-0.4, -0.2) is 24.3 Å². The van der Waals surface area contributed by atoms with E-state index in [1.165, 1.54) is 0 Å². The molecule has 3 aromatic rings. The molecule has 31 heavy (non-hydrogen) atoms. The maximum atomic E-state index is 12.2. The van der Waals surface area contributed by atoms with E-state index in [0.29, 0.717) is 22.6 Å². The van der Waals surface area contributed by atoms with Gasteiger partial charge in [0.1, 0.15) is 5.75 Å². The Hall–Kier alpha value is -4.13. The van der Waals surface area contributed by atoms with Crippen LogP contribution in [-0.2, 0) is 4.79 Å². The highest BCUT2D eigenvalue weighted by molar-refractivity contribution is 6.04. The van der Waals surface area contributed by atoms with Crippen LogP contribution < -0.4 is 20.9 Å². The predicted molar refractivity (Wildman–Crippen MR) is 118 cm³/mol. The normalized spacial score (nSPS) is 10.1. The van der Waals surface area contributed by atoms with Crippen LogP contribution in [0, 0.1) is 13.8 Å². The molecule has 0 saturated carbocycles. The third-order valence-electron chi connectivity index (χ3n) is 4.60. The van der Waals surface area contributed by atoms with Gasteiger partial charge in [-0.2, -0.15) is 0 Å². The average molecular weight is 417 g/mol. The number of rotatable bonds is 6. The summed E-state index contributed by atoms with van der Waals surface area (Å²) in [6.07, 6.45) is 0. The summed E-state index contributed by atoms with van der Waals surface area (Å²) in [6, 6.07) is 20.7. The van der Waals surface area contributed by atoms with E-state index in [-0.39, 0.29) is 12.5 Å². The molecule has 0 radical (unpaired) electrons. The van der Waals surface area contributed by atoms with Crippen LogP contribution in [0.2, 0.25) is 0 Å². The lowest BCUT2D eigenvalue weighted by Gasteiger charge is -2.10. The molecule has 3 N–H and O–H groups in total. The van der Waals surface area contributed by atoms with E-state index < -0.39 is 11.8 Å². The number of carbonyl (C=O) groups excluding carboxylic acids is 3. The van der Waals surface area contributed by atoms with Crippen molar-refractivity contribution in [3.05, 3.63) is 95.1 Å². The number of hydrogen-bond acceptors (Lipinski definition) is 4.